The molecule has 0 bridgehead atoms. The van der Waals surface area contributed by atoms with Gasteiger partial charge in [0.05, 0.1) is 7.11 Å². The van der Waals surface area contributed by atoms with Crippen molar-refractivity contribution in [2.75, 3.05) is 33.3 Å². The topological polar surface area (TPSA) is 67.7 Å². The van der Waals surface area contributed by atoms with E-state index in [1.54, 1.807) is 18.0 Å². The van der Waals surface area contributed by atoms with E-state index >= 15 is 0 Å². The van der Waals surface area contributed by atoms with Crippen molar-refractivity contribution in [2.45, 2.75) is 25.3 Å². The first-order chi connectivity index (χ1) is 16.2. The summed E-state index contributed by atoms with van der Waals surface area (Å²) in [6.45, 7) is 2.38. The van der Waals surface area contributed by atoms with E-state index in [9.17, 15) is 9.59 Å². The minimum Gasteiger partial charge on any atom is -0.497 e. The second-order valence-corrected chi connectivity index (χ2v) is 8.21. The highest BCUT2D eigenvalue weighted by Gasteiger charge is 2.30. The van der Waals surface area contributed by atoms with E-state index in [2.05, 4.69) is 5.10 Å². The third-order valence-corrected chi connectivity index (χ3v) is 6.09. The lowest BCUT2D eigenvalue weighted by Crippen LogP contribution is -2.41. The van der Waals surface area contributed by atoms with Crippen molar-refractivity contribution in [1.82, 2.24) is 19.6 Å². The molecule has 1 aliphatic rings. The molecule has 2 amide bonds. The van der Waals surface area contributed by atoms with Gasteiger partial charge in [0.15, 0.2) is 6.04 Å². The van der Waals surface area contributed by atoms with Crippen molar-refractivity contribution in [3.05, 3.63) is 84.2 Å². The van der Waals surface area contributed by atoms with Crippen molar-refractivity contribution < 1.29 is 14.3 Å². The Labute approximate surface area is 194 Å². The van der Waals surface area contributed by atoms with E-state index in [4.69, 9.17) is 4.74 Å². The number of rotatable bonds is 7. The molecule has 1 unspecified atom stereocenters. The molecule has 0 aliphatic carbocycles. The summed E-state index contributed by atoms with van der Waals surface area (Å²) in [5.41, 5.74) is 2.02. The van der Waals surface area contributed by atoms with Gasteiger partial charge in [-0.05, 0) is 42.2 Å². The van der Waals surface area contributed by atoms with Crippen LogP contribution < -0.4 is 4.74 Å². The van der Waals surface area contributed by atoms with Gasteiger partial charge < -0.3 is 14.5 Å². The highest BCUT2D eigenvalue weighted by molar-refractivity contribution is 5.84. The molecule has 0 spiro atoms. The van der Waals surface area contributed by atoms with E-state index in [1.807, 2.05) is 76.7 Å². The zero-order chi connectivity index (χ0) is 23.0. The summed E-state index contributed by atoms with van der Waals surface area (Å²) in [5.74, 6) is 0.954. The summed E-state index contributed by atoms with van der Waals surface area (Å²) in [6.07, 6.45) is 5.43. The number of carbonyl (C=O) groups excluding carboxylic acids is 2. The molecular weight excluding hydrogens is 416 g/mol. The third-order valence-electron chi connectivity index (χ3n) is 6.09. The lowest BCUT2D eigenvalue weighted by molar-refractivity contribution is -0.135. The molecule has 0 N–H and O–H groups in total. The first-order valence-electron chi connectivity index (χ1n) is 11.4. The number of ether oxygens (including phenoxy) is 1. The van der Waals surface area contributed by atoms with Gasteiger partial charge >= 0.3 is 0 Å². The predicted molar refractivity (Wildman–Crippen MR) is 126 cm³/mol. The summed E-state index contributed by atoms with van der Waals surface area (Å²) in [6, 6.07) is 18.9. The molecule has 1 aromatic heterocycles. The average Bonchev–Trinajstić information content (AvgIpc) is 3.26. The zero-order valence-corrected chi connectivity index (χ0v) is 19.0. The highest BCUT2D eigenvalue weighted by atomic mass is 16.5. The van der Waals surface area contributed by atoms with Crippen LogP contribution in [0.5, 0.6) is 5.75 Å². The van der Waals surface area contributed by atoms with Gasteiger partial charge in [0.25, 0.3) is 5.91 Å². The Bertz CT molecular complexity index is 1040. The quantitative estimate of drug-likeness (QED) is 0.559. The average molecular weight is 447 g/mol. The summed E-state index contributed by atoms with van der Waals surface area (Å²) >= 11 is 0. The van der Waals surface area contributed by atoms with Crippen LogP contribution in [0, 0.1) is 0 Å². The summed E-state index contributed by atoms with van der Waals surface area (Å²) in [4.78, 5) is 30.2. The van der Waals surface area contributed by atoms with E-state index in [1.165, 1.54) is 0 Å². The molecule has 1 aliphatic heterocycles. The lowest BCUT2D eigenvalue weighted by atomic mass is 10.1. The normalized spacial score (nSPS) is 15.1. The molecule has 0 radical (unpaired) electrons. The Morgan fingerprint density at radius 1 is 0.939 bits per heavy atom. The molecule has 1 saturated heterocycles. The third kappa shape index (κ3) is 5.61. The predicted octanol–water partition coefficient (Wildman–Crippen LogP) is 3.17. The van der Waals surface area contributed by atoms with Crippen molar-refractivity contribution in [2.24, 2.45) is 0 Å². The maximum atomic E-state index is 13.5. The number of amides is 2. The molecule has 7 heteroatoms. The van der Waals surface area contributed by atoms with Gasteiger partial charge in [-0.25, -0.2) is 0 Å². The van der Waals surface area contributed by atoms with Crippen LogP contribution in [-0.4, -0.2) is 64.7 Å². The van der Waals surface area contributed by atoms with Gasteiger partial charge in [-0.15, -0.1) is 0 Å². The largest absolute Gasteiger partial charge is 0.497 e. The summed E-state index contributed by atoms with van der Waals surface area (Å²) in [5, 5.41) is 4.34. The van der Waals surface area contributed by atoms with Crippen molar-refractivity contribution >= 4 is 11.8 Å². The molecule has 3 aromatic rings. The van der Waals surface area contributed by atoms with Crippen molar-refractivity contribution in [1.29, 1.82) is 0 Å². The molecule has 7 nitrogen and oxygen atoms in total. The van der Waals surface area contributed by atoms with E-state index < -0.39 is 6.04 Å². The summed E-state index contributed by atoms with van der Waals surface area (Å²) in [7, 11) is 1.64. The number of carbonyl (C=O) groups is 2. The van der Waals surface area contributed by atoms with Gasteiger partial charge in [0.1, 0.15) is 5.75 Å². The Hall–Kier alpha value is -3.61. The highest BCUT2D eigenvalue weighted by Crippen LogP contribution is 2.21. The smallest absolute Gasteiger partial charge is 0.252 e. The molecule has 1 atom stereocenters. The standard InChI is InChI=1S/C26H30N4O3/c1-33-23-12-9-21(10-13-23)11-14-24(31)28-16-6-17-29(20-19-28)26(32)25(30-18-5-15-27-30)22-7-3-2-4-8-22/h2-5,7-10,12-13,15,18,25H,6,11,14,16-17,19-20H2,1H3. The lowest BCUT2D eigenvalue weighted by Gasteiger charge is -2.27. The van der Waals surface area contributed by atoms with Gasteiger partial charge in [-0.3, -0.25) is 14.3 Å². The van der Waals surface area contributed by atoms with Crippen LogP contribution in [0.1, 0.15) is 30.0 Å². The number of methoxy groups -OCH3 is 1. The summed E-state index contributed by atoms with van der Waals surface area (Å²) < 4.78 is 6.90. The van der Waals surface area contributed by atoms with E-state index in [-0.39, 0.29) is 11.8 Å². The van der Waals surface area contributed by atoms with Gasteiger partial charge in [0.2, 0.25) is 5.91 Å². The molecule has 0 saturated carbocycles. The van der Waals surface area contributed by atoms with Gasteiger partial charge in [-0.2, -0.15) is 5.10 Å². The fourth-order valence-electron chi connectivity index (χ4n) is 4.24. The number of nitrogens with zero attached hydrogens (tertiary/aromatic N) is 4. The second kappa shape index (κ2) is 10.8. The zero-order valence-electron chi connectivity index (χ0n) is 19.0. The fourth-order valence-corrected chi connectivity index (χ4v) is 4.24. The molecule has 33 heavy (non-hydrogen) atoms. The maximum absolute atomic E-state index is 13.5. The number of benzene rings is 2. The molecule has 172 valence electrons. The van der Waals surface area contributed by atoms with Gasteiger partial charge in [0, 0.05) is 45.0 Å². The molecule has 2 aromatic carbocycles. The van der Waals surface area contributed by atoms with Gasteiger partial charge in [-0.1, -0.05) is 42.5 Å². The first-order valence-corrected chi connectivity index (χ1v) is 11.4. The second-order valence-electron chi connectivity index (χ2n) is 8.21. The maximum Gasteiger partial charge on any atom is 0.252 e. The molecule has 1 fully saturated rings. The SMILES string of the molecule is COc1ccc(CCC(=O)N2CCCN(C(=O)C(c3ccccc3)n3cccn3)CC2)cc1. The minimum atomic E-state index is -0.501. The van der Waals surface area contributed by atoms with Crippen LogP contribution in [0.4, 0.5) is 0 Å². The van der Waals surface area contributed by atoms with Crippen molar-refractivity contribution in [3.63, 3.8) is 0 Å². The monoisotopic (exact) mass is 446 g/mol. The van der Waals surface area contributed by atoms with Crippen LogP contribution in [-0.2, 0) is 16.0 Å². The van der Waals surface area contributed by atoms with Crippen LogP contribution >= 0.6 is 0 Å². The number of hydrogen-bond acceptors (Lipinski definition) is 4. The fraction of sp³-hybridized carbons (Fsp3) is 0.346. The minimum absolute atomic E-state index is 0.0115. The van der Waals surface area contributed by atoms with Crippen LogP contribution in [0.15, 0.2) is 73.1 Å². The van der Waals surface area contributed by atoms with Crippen LogP contribution in [0.2, 0.25) is 0 Å². The van der Waals surface area contributed by atoms with E-state index in [0.29, 0.717) is 39.0 Å². The number of hydrogen-bond donors (Lipinski definition) is 0. The van der Waals surface area contributed by atoms with E-state index in [0.717, 1.165) is 23.3 Å². The van der Waals surface area contributed by atoms with Crippen molar-refractivity contribution in [3.8, 4) is 5.75 Å². The van der Waals surface area contributed by atoms with Crippen LogP contribution in [0.25, 0.3) is 0 Å². The van der Waals surface area contributed by atoms with Crippen LogP contribution in [0.3, 0.4) is 0 Å². The molecule has 4 rings (SSSR count). The first kappa shape index (κ1) is 22.6. The molecule has 2 heterocycles. The number of aryl methyl sites for hydroxylation is 1. The number of aromatic nitrogens is 2. The Morgan fingerprint density at radius 3 is 2.36 bits per heavy atom. The molecular formula is C26H30N4O3. The Balaban J connectivity index is 1.37. The Kier molecular flexibility index (Phi) is 7.40. The Morgan fingerprint density at radius 2 is 1.67 bits per heavy atom.